The summed E-state index contributed by atoms with van der Waals surface area (Å²) in [4.78, 5) is 18.2. The number of nitrogens with one attached hydrogen (secondary N) is 1. The zero-order chi connectivity index (χ0) is 8.10. The highest BCUT2D eigenvalue weighted by atomic mass is 16.1. The molecule has 4 nitrogen and oxygen atoms in total. The van der Waals surface area contributed by atoms with Crippen LogP contribution in [0.15, 0.2) is 31.1 Å². The lowest BCUT2D eigenvalue weighted by Gasteiger charge is -1.96. The van der Waals surface area contributed by atoms with Crippen molar-refractivity contribution in [3.8, 4) is 0 Å². The molecule has 0 aromatic carbocycles. The fourth-order valence-corrected chi connectivity index (χ4v) is 0.525. The van der Waals surface area contributed by atoms with Gasteiger partial charge in [0.15, 0.2) is 0 Å². The predicted molar refractivity (Wildman–Crippen MR) is 40.9 cm³/mol. The summed E-state index contributed by atoms with van der Waals surface area (Å²) in [6.45, 7) is 3.29. The average Bonchev–Trinajstić information content (AvgIpc) is 2.06. The van der Waals surface area contributed by atoms with Crippen molar-refractivity contribution >= 4 is 11.9 Å². The zero-order valence-corrected chi connectivity index (χ0v) is 5.82. The number of carbonyl (C=O) groups is 1. The molecule has 1 rings (SSSR count). The minimum Gasteiger partial charge on any atom is -0.291 e. The minimum absolute atomic E-state index is 0.289. The number of nitrogens with zero attached hydrogens (tertiary/aromatic N) is 2. The molecule has 0 saturated heterocycles. The third-order valence-corrected chi connectivity index (χ3v) is 0.986. The van der Waals surface area contributed by atoms with Crippen LogP contribution in [0, 0.1) is 0 Å². The first-order valence-corrected chi connectivity index (χ1v) is 3.03. The van der Waals surface area contributed by atoms with E-state index < -0.39 is 0 Å². The molecule has 4 heteroatoms. The van der Waals surface area contributed by atoms with Crippen LogP contribution in [0.3, 0.4) is 0 Å². The molecule has 0 bridgehead atoms. The molecule has 56 valence electrons. The lowest BCUT2D eigenvalue weighted by atomic mass is 10.6. The molecule has 0 unspecified atom stereocenters. The quantitative estimate of drug-likeness (QED) is 0.626. The van der Waals surface area contributed by atoms with Gasteiger partial charge in [-0.3, -0.25) is 10.1 Å². The van der Waals surface area contributed by atoms with E-state index in [4.69, 9.17) is 0 Å². The Morgan fingerprint density at radius 1 is 1.55 bits per heavy atom. The normalized spacial score (nSPS) is 8.73. The number of carbonyl (C=O) groups excluding carboxylic acids is 1. The summed E-state index contributed by atoms with van der Waals surface area (Å²) in [5.41, 5.74) is 0. The molecule has 0 atom stereocenters. The van der Waals surface area contributed by atoms with Gasteiger partial charge in [0.2, 0.25) is 11.9 Å². The van der Waals surface area contributed by atoms with Gasteiger partial charge in [-0.05, 0) is 12.1 Å². The van der Waals surface area contributed by atoms with Gasteiger partial charge in [0.05, 0.1) is 0 Å². The Morgan fingerprint density at radius 3 is 2.73 bits per heavy atom. The second-order valence-corrected chi connectivity index (χ2v) is 1.77. The maximum absolute atomic E-state index is 10.7. The Morgan fingerprint density at radius 2 is 2.18 bits per heavy atom. The molecule has 1 N–H and O–H groups in total. The first-order chi connectivity index (χ1) is 5.33. The molecule has 0 radical (unpaired) electrons. The van der Waals surface area contributed by atoms with Gasteiger partial charge in [-0.25, -0.2) is 9.97 Å². The molecule has 0 spiro atoms. The first kappa shape index (κ1) is 7.40. The Bertz CT molecular complexity index is 258. The van der Waals surface area contributed by atoms with Crippen molar-refractivity contribution in [2.24, 2.45) is 0 Å². The van der Waals surface area contributed by atoms with Crippen molar-refractivity contribution < 1.29 is 4.79 Å². The van der Waals surface area contributed by atoms with Crippen LogP contribution >= 0.6 is 0 Å². The van der Waals surface area contributed by atoms with Crippen LogP contribution in [0.2, 0.25) is 0 Å². The summed E-state index contributed by atoms with van der Waals surface area (Å²) in [6, 6.07) is 1.67. The predicted octanol–water partition coefficient (Wildman–Crippen LogP) is 0.601. The second-order valence-electron chi connectivity index (χ2n) is 1.77. The third-order valence-electron chi connectivity index (χ3n) is 0.986. The molecule has 0 saturated carbocycles. The molecule has 0 aliphatic heterocycles. The summed E-state index contributed by atoms with van der Waals surface area (Å²) in [7, 11) is 0. The fourth-order valence-electron chi connectivity index (χ4n) is 0.525. The monoisotopic (exact) mass is 149 g/mol. The van der Waals surface area contributed by atoms with Crippen molar-refractivity contribution in [1.29, 1.82) is 0 Å². The van der Waals surface area contributed by atoms with Crippen LogP contribution in [0.4, 0.5) is 5.95 Å². The largest absolute Gasteiger partial charge is 0.291 e. The lowest BCUT2D eigenvalue weighted by molar-refractivity contribution is -0.111. The topological polar surface area (TPSA) is 54.9 Å². The van der Waals surface area contributed by atoms with E-state index in [1.54, 1.807) is 18.5 Å². The van der Waals surface area contributed by atoms with E-state index in [1.807, 2.05) is 0 Å². The van der Waals surface area contributed by atoms with E-state index in [1.165, 1.54) is 0 Å². The van der Waals surface area contributed by atoms with Crippen molar-refractivity contribution in [2.75, 3.05) is 5.32 Å². The van der Waals surface area contributed by atoms with Gasteiger partial charge in [0.25, 0.3) is 0 Å². The maximum Gasteiger partial charge on any atom is 0.250 e. The van der Waals surface area contributed by atoms with E-state index in [0.29, 0.717) is 0 Å². The van der Waals surface area contributed by atoms with Gasteiger partial charge >= 0.3 is 0 Å². The smallest absolute Gasteiger partial charge is 0.250 e. The van der Waals surface area contributed by atoms with Crippen molar-refractivity contribution in [2.45, 2.75) is 0 Å². The van der Waals surface area contributed by atoms with Crippen LogP contribution in [0.25, 0.3) is 0 Å². The Balaban J connectivity index is 2.65. The number of hydrogen-bond donors (Lipinski definition) is 1. The number of rotatable bonds is 2. The summed E-state index contributed by atoms with van der Waals surface area (Å²) in [5, 5.41) is 2.41. The molecule has 11 heavy (non-hydrogen) atoms. The van der Waals surface area contributed by atoms with Gasteiger partial charge in [-0.1, -0.05) is 6.58 Å². The molecule has 0 aliphatic carbocycles. The molecule has 1 heterocycles. The highest BCUT2D eigenvalue weighted by Gasteiger charge is 1.95. The SMILES string of the molecule is C=CC(=O)Nc1ncccn1. The second kappa shape index (κ2) is 3.46. The number of anilines is 1. The molecule has 0 aliphatic rings. The van der Waals surface area contributed by atoms with E-state index in [0.717, 1.165) is 6.08 Å². The first-order valence-electron chi connectivity index (χ1n) is 3.03. The van der Waals surface area contributed by atoms with E-state index in [9.17, 15) is 4.79 Å². The molecular weight excluding hydrogens is 142 g/mol. The fraction of sp³-hybridized carbons (Fsp3) is 0. The van der Waals surface area contributed by atoms with E-state index >= 15 is 0 Å². The van der Waals surface area contributed by atoms with Gasteiger partial charge < -0.3 is 0 Å². The standard InChI is InChI=1S/C7H7N3O/c1-2-6(11)10-7-8-4-3-5-9-7/h2-5H,1H2,(H,8,9,10,11). The third kappa shape index (κ3) is 2.17. The van der Waals surface area contributed by atoms with Crippen LogP contribution < -0.4 is 5.32 Å². The number of amides is 1. The summed E-state index contributed by atoms with van der Waals surface area (Å²) in [6.07, 6.45) is 4.26. The van der Waals surface area contributed by atoms with Crippen molar-refractivity contribution in [3.63, 3.8) is 0 Å². The molecule has 1 amide bonds. The molecular formula is C7H7N3O. The van der Waals surface area contributed by atoms with Gasteiger partial charge in [0.1, 0.15) is 0 Å². The molecule has 1 aromatic heterocycles. The maximum atomic E-state index is 10.7. The number of hydrogen-bond acceptors (Lipinski definition) is 3. The van der Waals surface area contributed by atoms with Gasteiger partial charge in [-0.15, -0.1) is 0 Å². The molecule has 1 aromatic rings. The summed E-state index contributed by atoms with van der Waals surface area (Å²) >= 11 is 0. The van der Waals surface area contributed by atoms with E-state index in [-0.39, 0.29) is 11.9 Å². The zero-order valence-electron chi connectivity index (χ0n) is 5.82. The number of aromatic nitrogens is 2. The highest BCUT2D eigenvalue weighted by Crippen LogP contribution is 1.92. The van der Waals surface area contributed by atoms with Gasteiger partial charge in [0, 0.05) is 12.4 Å². The average molecular weight is 149 g/mol. The van der Waals surface area contributed by atoms with Crippen LogP contribution in [0.1, 0.15) is 0 Å². The van der Waals surface area contributed by atoms with Gasteiger partial charge in [-0.2, -0.15) is 0 Å². The molecule has 0 fully saturated rings. The van der Waals surface area contributed by atoms with E-state index in [2.05, 4.69) is 21.9 Å². The van der Waals surface area contributed by atoms with Crippen LogP contribution in [-0.2, 0) is 4.79 Å². The van der Waals surface area contributed by atoms with Crippen molar-refractivity contribution in [1.82, 2.24) is 9.97 Å². The van der Waals surface area contributed by atoms with Crippen LogP contribution in [0.5, 0.6) is 0 Å². The highest BCUT2D eigenvalue weighted by molar-refractivity contribution is 5.97. The van der Waals surface area contributed by atoms with Crippen molar-refractivity contribution in [3.05, 3.63) is 31.1 Å². The lowest BCUT2D eigenvalue weighted by Crippen LogP contribution is -2.09. The summed E-state index contributed by atoms with van der Waals surface area (Å²) in [5.74, 6) is -0.0198. The minimum atomic E-state index is -0.309. The Hall–Kier alpha value is -1.71. The summed E-state index contributed by atoms with van der Waals surface area (Å²) < 4.78 is 0. The Labute approximate surface area is 64.0 Å². The van der Waals surface area contributed by atoms with Crippen LogP contribution in [-0.4, -0.2) is 15.9 Å². The Kier molecular flexibility index (Phi) is 2.32.